The topological polar surface area (TPSA) is 15.3 Å². The summed E-state index contributed by atoms with van der Waals surface area (Å²) in [5.74, 6) is 0. The van der Waals surface area contributed by atoms with Gasteiger partial charge in [-0.3, -0.25) is 0 Å². The van der Waals surface area contributed by atoms with Crippen LogP contribution in [0.1, 0.15) is 60.3 Å². The summed E-state index contributed by atoms with van der Waals surface area (Å²) in [5, 5.41) is 3.59. The van der Waals surface area contributed by atoms with Crippen molar-refractivity contribution in [2.24, 2.45) is 5.41 Å². The monoisotopic (exact) mass is 240 g/mol. The molecule has 0 saturated heterocycles. The lowest BCUT2D eigenvalue weighted by molar-refractivity contribution is 0.0995. The molecule has 2 unspecified atom stereocenters. The number of nitrogens with zero attached hydrogens (tertiary/aromatic N) is 1. The lowest BCUT2D eigenvalue weighted by atomic mass is 9.86. The molecule has 0 aromatic carbocycles. The molecule has 1 aliphatic carbocycles. The Morgan fingerprint density at radius 3 is 2.29 bits per heavy atom. The Bertz CT molecular complexity index is 215. The second kappa shape index (κ2) is 6.19. The molecule has 1 saturated carbocycles. The first-order chi connectivity index (χ1) is 7.82. The molecule has 1 aliphatic rings. The molecule has 1 N–H and O–H groups in total. The summed E-state index contributed by atoms with van der Waals surface area (Å²) in [6, 6.07) is 2.18. The maximum Gasteiger partial charge on any atom is 0.0115 e. The van der Waals surface area contributed by atoms with E-state index < -0.39 is 0 Å². The molecule has 1 fully saturated rings. The van der Waals surface area contributed by atoms with Gasteiger partial charge in [0.25, 0.3) is 0 Å². The van der Waals surface area contributed by atoms with Gasteiger partial charge in [0.15, 0.2) is 0 Å². The molecule has 0 aromatic rings. The van der Waals surface area contributed by atoms with Gasteiger partial charge < -0.3 is 10.2 Å². The fourth-order valence-corrected chi connectivity index (χ4v) is 2.19. The van der Waals surface area contributed by atoms with Gasteiger partial charge in [-0.05, 0) is 58.5 Å². The van der Waals surface area contributed by atoms with E-state index in [0.29, 0.717) is 17.5 Å². The van der Waals surface area contributed by atoms with Crippen molar-refractivity contribution >= 4 is 0 Å². The maximum absolute atomic E-state index is 3.59. The van der Waals surface area contributed by atoms with Crippen molar-refractivity contribution in [2.45, 2.75) is 78.4 Å². The van der Waals surface area contributed by atoms with E-state index in [0.717, 1.165) is 6.04 Å². The van der Waals surface area contributed by atoms with Gasteiger partial charge in [0.05, 0.1) is 0 Å². The van der Waals surface area contributed by atoms with E-state index in [2.05, 4.69) is 51.9 Å². The second-order valence-corrected chi connectivity index (χ2v) is 6.93. The van der Waals surface area contributed by atoms with Crippen molar-refractivity contribution in [1.29, 1.82) is 0 Å². The SMILES string of the molecule is CC(CCCNC1CC1)N(C)C(C)C(C)(C)C. The van der Waals surface area contributed by atoms with Crippen LogP contribution in [0.15, 0.2) is 0 Å². The van der Waals surface area contributed by atoms with E-state index in [4.69, 9.17) is 0 Å². The molecule has 0 amide bonds. The molecule has 2 heteroatoms. The molecule has 2 nitrogen and oxygen atoms in total. The number of hydrogen-bond donors (Lipinski definition) is 1. The van der Waals surface area contributed by atoms with Crippen molar-refractivity contribution in [3.63, 3.8) is 0 Å². The minimum atomic E-state index is 0.370. The normalized spacial score (nSPS) is 20.6. The molecular weight excluding hydrogens is 208 g/mol. The number of nitrogens with one attached hydrogen (secondary N) is 1. The molecule has 0 aromatic heterocycles. The summed E-state index contributed by atoms with van der Waals surface area (Å²) < 4.78 is 0. The van der Waals surface area contributed by atoms with Crippen LogP contribution in [0.3, 0.4) is 0 Å². The highest BCUT2D eigenvalue weighted by Gasteiger charge is 2.26. The van der Waals surface area contributed by atoms with Crippen LogP contribution in [0.25, 0.3) is 0 Å². The molecule has 0 spiro atoms. The minimum absolute atomic E-state index is 0.370. The molecule has 0 aliphatic heterocycles. The van der Waals surface area contributed by atoms with Gasteiger partial charge in [-0.25, -0.2) is 0 Å². The first-order valence-corrected chi connectivity index (χ1v) is 7.27. The summed E-state index contributed by atoms with van der Waals surface area (Å²) >= 11 is 0. The number of rotatable bonds is 7. The molecule has 1 rings (SSSR count). The van der Waals surface area contributed by atoms with E-state index in [1.54, 1.807) is 0 Å². The summed E-state index contributed by atoms with van der Waals surface area (Å²) in [6.45, 7) is 12.9. The zero-order valence-corrected chi connectivity index (χ0v) is 12.7. The fourth-order valence-electron chi connectivity index (χ4n) is 2.19. The maximum atomic E-state index is 3.59. The van der Waals surface area contributed by atoms with E-state index in [9.17, 15) is 0 Å². The lowest BCUT2D eigenvalue weighted by Crippen LogP contribution is -2.44. The molecule has 0 bridgehead atoms. The minimum Gasteiger partial charge on any atom is -0.314 e. The van der Waals surface area contributed by atoms with Crippen molar-refractivity contribution < 1.29 is 0 Å². The molecule has 2 atom stereocenters. The van der Waals surface area contributed by atoms with Crippen molar-refractivity contribution in [2.75, 3.05) is 13.6 Å². The van der Waals surface area contributed by atoms with Crippen molar-refractivity contribution in [1.82, 2.24) is 10.2 Å². The number of hydrogen-bond acceptors (Lipinski definition) is 2. The van der Waals surface area contributed by atoms with Crippen LogP contribution in [-0.2, 0) is 0 Å². The van der Waals surface area contributed by atoms with Crippen LogP contribution in [-0.4, -0.2) is 36.6 Å². The van der Waals surface area contributed by atoms with Gasteiger partial charge >= 0.3 is 0 Å². The molecule has 0 radical (unpaired) electrons. The van der Waals surface area contributed by atoms with Gasteiger partial charge in [-0.15, -0.1) is 0 Å². The summed E-state index contributed by atoms with van der Waals surface area (Å²) in [7, 11) is 2.27. The van der Waals surface area contributed by atoms with Crippen LogP contribution in [0, 0.1) is 5.41 Å². The Balaban J connectivity index is 2.18. The zero-order valence-electron chi connectivity index (χ0n) is 12.7. The first-order valence-electron chi connectivity index (χ1n) is 7.27. The van der Waals surface area contributed by atoms with Crippen LogP contribution in [0.5, 0.6) is 0 Å². The quantitative estimate of drug-likeness (QED) is 0.687. The smallest absolute Gasteiger partial charge is 0.0115 e. The van der Waals surface area contributed by atoms with Crippen LogP contribution >= 0.6 is 0 Å². The highest BCUT2D eigenvalue weighted by molar-refractivity contribution is 4.82. The standard InChI is InChI=1S/C15H32N2/c1-12(8-7-11-16-14-9-10-14)17(6)13(2)15(3,4)5/h12-14,16H,7-11H2,1-6H3. The van der Waals surface area contributed by atoms with Crippen molar-refractivity contribution in [3.05, 3.63) is 0 Å². The van der Waals surface area contributed by atoms with Gasteiger partial charge in [0.2, 0.25) is 0 Å². The highest BCUT2D eigenvalue weighted by atomic mass is 15.2. The van der Waals surface area contributed by atoms with Crippen LogP contribution in [0.4, 0.5) is 0 Å². The molecular formula is C15H32N2. The summed E-state index contributed by atoms with van der Waals surface area (Å²) in [6.07, 6.45) is 5.41. The average molecular weight is 240 g/mol. The Labute approximate surface area is 108 Å². The predicted molar refractivity (Wildman–Crippen MR) is 76.4 cm³/mol. The highest BCUT2D eigenvalue weighted by Crippen LogP contribution is 2.25. The van der Waals surface area contributed by atoms with Gasteiger partial charge in [-0.2, -0.15) is 0 Å². The first kappa shape index (κ1) is 15.0. The molecule has 17 heavy (non-hydrogen) atoms. The molecule has 102 valence electrons. The van der Waals surface area contributed by atoms with Gasteiger partial charge in [-0.1, -0.05) is 20.8 Å². The summed E-state index contributed by atoms with van der Waals surface area (Å²) in [4.78, 5) is 2.54. The largest absolute Gasteiger partial charge is 0.314 e. The Morgan fingerprint density at radius 1 is 1.24 bits per heavy atom. The summed E-state index contributed by atoms with van der Waals surface area (Å²) in [5.41, 5.74) is 0.370. The average Bonchev–Trinajstić information content (AvgIpc) is 3.04. The van der Waals surface area contributed by atoms with Gasteiger partial charge in [0.1, 0.15) is 0 Å². The second-order valence-electron chi connectivity index (χ2n) is 6.93. The third-order valence-electron chi connectivity index (χ3n) is 4.37. The van der Waals surface area contributed by atoms with E-state index in [-0.39, 0.29) is 0 Å². The lowest BCUT2D eigenvalue weighted by Gasteiger charge is -2.39. The zero-order chi connectivity index (χ0) is 13.1. The molecule has 0 heterocycles. The Morgan fingerprint density at radius 2 is 1.82 bits per heavy atom. The van der Waals surface area contributed by atoms with E-state index in [1.165, 1.54) is 32.2 Å². The fraction of sp³-hybridized carbons (Fsp3) is 1.00. The Kier molecular flexibility index (Phi) is 5.46. The predicted octanol–water partition coefficient (Wildman–Crippen LogP) is 3.27. The van der Waals surface area contributed by atoms with Crippen molar-refractivity contribution in [3.8, 4) is 0 Å². The Hall–Kier alpha value is -0.0800. The van der Waals surface area contributed by atoms with E-state index >= 15 is 0 Å². The third-order valence-corrected chi connectivity index (χ3v) is 4.37. The third kappa shape index (κ3) is 5.39. The van der Waals surface area contributed by atoms with Crippen LogP contribution in [0.2, 0.25) is 0 Å². The van der Waals surface area contributed by atoms with E-state index in [1.807, 2.05) is 0 Å². The van der Waals surface area contributed by atoms with Gasteiger partial charge in [0, 0.05) is 18.1 Å². The van der Waals surface area contributed by atoms with Crippen LogP contribution < -0.4 is 5.32 Å².